The first-order chi connectivity index (χ1) is 26.5. The molecule has 3 aromatic carbocycles. The molecular formula is C37H50N12O5. The van der Waals surface area contributed by atoms with Crippen LogP contribution in [0.2, 0.25) is 0 Å². The second-order valence-electron chi connectivity index (χ2n) is 12.6. The molecule has 1 saturated heterocycles. The third-order valence-corrected chi connectivity index (χ3v) is 8.24. The first-order valence-corrected chi connectivity index (χ1v) is 18.3. The molecular weight excluding hydrogens is 692 g/mol. The third kappa shape index (κ3) is 11.1. The fraction of sp³-hybridized carbons (Fsp3) is 0.405. The fourth-order valence-corrected chi connectivity index (χ4v) is 5.33. The maximum absolute atomic E-state index is 6.12. The van der Waals surface area contributed by atoms with E-state index in [1.807, 2.05) is 67.0 Å². The summed E-state index contributed by atoms with van der Waals surface area (Å²) in [5, 5.41) is 18.0. The molecule has 0 radical (unpaired) electrons. The standard InChI is InChI=1S/C37H50N12O5/c38-6-1-10-50-30-16-26(35-24-48(46-42-35)28-18-31(51-11-2-7-39)22-32(19-28)52-12-3-8-40)15-27(17-30)36-25-49(47-43-36)29-20-33(53-13-4-9-41)23-34(21-29)54-14-5-37-44-45-37/h15-25,37,44-45H,1-14,38-41H2. The van der Waals surface area contributed by atoms with Gasteiger partial charge in [-0.1, -0.05) is 10.4 Å². The smallest absolute Gasteiger partial charge is 0.125 e. The summed E-state index contributed by atoms with van der Waals surface area (Å²) in [5.41, 5.74) is 33.2. The van der Waals surface area contributed by atoms with Gasteiger partial charge in [-0.05, 0) is 70.1 Å². The van der Waals surface area contributed by atoms with Crippen LogP contribution >= 0.6 is 0 Å². The predicted molar refractivity (Wildman–Crippen MR) is 204 cm³/mol. The zero-order valence-electron chi connectivity index (χ0n) is 30.4. The second-order valence-corrected chi connectivity index (χ2v) is 12.6. The summed E-state index contributed by atoms with van der Waals surface area (Å²) in [7, 11) is 0. The zero-order valence-corrected chi connectivity index (χ0v) is 30.4. The van der Waals surface area contributed by atoms with E-state index in [9.17, 15) is 0 Å². The highest BCUT2D eigenvalue weighted by atomic mass is 16.5. The summed E-state index contributed by atoms with van der Waals surface area (Å²) < 4.78 is 33.5. The zero-order chi connectivity index (χ0) is 37.5. The van der Waals surface area contributed by atoms with Gasteiger partial charge in [0, 0.05) is 53.9 Å². The van der Waals surface area contributed by atoms with Crippen LogP contribution in [0.4, 0.5) is 0 Å². The lowest BCUT2D eigenvalue weighted by molar-refractivity contribution is 0.295. The first kappa shape index (κ1) is 38.4. The molecule has 0 atom stereocenters. The van der Waals surface area contributed by atoms with E-state index in [1.54, 1.807) is 9.36 Å². The summed E-state index contributed by atoms with van der Waals surface area (Å²) >= 11 is 0. The van der Waals surface area contributed by atoms with E-state index >= 15 is 0 Å². The van der Waals surface area contributed by atoms with E-state index in [0.717, 1.165) is 48.2 Å². The van der Waals surface area contributed by atoms with Gasteiger partial charge in [-0.25, -0.2) is 20.2 Å². The largest absolute Gasteiger partial charge is 0.494 e. The molecule has 0 unspecified atom stereocenters. The van der Waals surface area contributed by atoms with Gasteiger partial charge in [-0.15, -0.1) is 10.2 Å². The Morgan fingerprint density at radius 3 is 1.22 bits per heavy atom. The van der Waals surface area contributed by atoms with Crippen molar-refractivity contribution in [2.75, 3.05) is 59.2 Å². The number of nitrogens with one attached hydrogen (secondary N) is 2. The van der Waals surface area contributed by atoms with Crippen LogP contribution in [0, 0.1) is 0 Å². The lowest BCUT2D eigenvalue weighted by Gasteiger charge is -2.12. The molecule has 1 aliphatic rings. The van der Waals surface area contributed by atoms with E-state index in [-0.39, 0.29) is 6.17 Å². The number of nitrogens with zero attached hydrogens (tertiary/aromatic N) is 6. The summed E-state index contributed by atoms with van der Waals surface area (Å²) in [6.45, 7) is 4.54. The van der Waals surface area contributed by atoms with Crippen molar-refractivity contribution in [3.8, 4) is 62.6 Å². The minimum Gasteiger partial charge on any atom is -0.494 e. The Bertz CT molecular complexity index is 1890. The van der Waals surface area contributed by atoms with Crippen LogP contribution in [0.3, 0.4) is 0 Å². The molecule has 0 amide bonds. The van der Waals surface area contributed by atoms with Crippen molar-refractivity contribution in [3.63, 3.8) is 0 Å². The van der Waals surface area contributed by atoms with Crippen molar-refractivity contribution in [1.29, 1.82) is 0 Å². The van der Waals surface area contributed by atoms with Crippen molar-refractivity contribution in [2.24, 2.45) is 22.9 Å². The minimum atomic E-state index is 0.271. The van der Waals surface area contributed by atoms with Crippen LogP contribution in [-0.2, 0) is 0 Å². The summed E-state index contributed by atoms with van der Waals surface area (Å²) in [4.78, 5) is 0. The molecule has 17 heteroatoms. The lowest BCUT2D eigenvalue weighted by atomic mass is 10.1. The molecule has 6 rings (SSSR count). The summed E-state index contributed by atoms with van der Waals surface area (Å²) in [6, 6.07) is 17.1. The Morgan fingerprint density at radius 1 is 0.481 bits per heavy atom. The van der Waals surface area contributed by atoms with Crippen molar-refractivity contribution in [3.05, 3.63) is 67.0 Å². The Labute approximate surface area is 314 Å². The monoisotopic (exact) mass is 742 g/mol. The van der Waals surface area contributed by atoms with E-state index in [0.29, 0.717) is 106 Å². The lowest BCUT2D eigenvalue weighted by Crippen LogP contribution is -2.08. The Hall–Kier alpha value is -5.30. The van der Waals surface area contributed by atoms with Gasteiger partial charge in [0.25, 0.3) is 0 Å². The van der Waals surface area contributed by atoms with Crippen LogP contribution in [0.1, 0.15) is 32.1 Å². The highest BCUT2D eigenvalue weighted by molar-refractivity contribution is 5.71. The van der Waals surface area contributed by atoms with Crippen LogP contribution in [-0.4, -0.2) is 95.4 Å². The van der Waals surface area contributed by atoms with Crippen LogP contribution < -0.4 is 57.5 Å². The number of hydrazine groups is 1. The molecule has 3 heterocycles. The molecule has 54 heavy (non-hydrogen) atoms. The van der Waals surface area contributed by atoms with E-state index < -0.39 is 0 Å². The van der Waals surface area contributed by atoms with Gasteiger partial charge in [-0.3, -0.25) is 0 Å². The molecule has 1 fully saturated rings. The Morgan fingerprint density at radius 2 is 0.852 bits per heavy atom. The first-order valence-electron chi connectivity index (χ1n) is 18.3. The van der Waals surface area contributed by atoms with Gasteiger partial charge >= 0.3 is 0 Å². The van der Waals surface area contributed by atoms with Gasteiger partial charge in [0.1, 0.15) is 40.1 Å². The normalized spacial score (nSPS) is 12.5. The number of benzene rings is 3. The van der Waals surface area contributed by atoms with Crippen molar-refractivity contribution >= 4 is 0 Å². The summed E-state index contributed by atoms with van der Waals surface area (Å²) in [6.07, 6.45) is 7.67. The van der Waals surface area contributed by atoms with Crippen molar-refractivity contribution in [1.82, 2.24) is 40.8 Å². The van der Waals surface area contributed by atoms with Gasteiger partial charge in [0.05, 0.1) is 63.0 Å². The van der Waals surface area contributed by atoms with Gasteiger partial charge in [-0.2, -0.15) is 0 Å². The van der Waals surface area contributed by atoms with E-state index in [2.05, 4.69) is 31.5 Å². The molecule has 1 aliphatic heterocycles. The van der Waals surface area contributed by atoms with Gasteiger partial charge in [0.2, 0.25) is 0 Å². The third-order valence-electron chi connectivity index (χ3n) is 8.24. The SMILES string of the molecule is NCCCOc1cc(-c2cn(-c3cc(OCCCN)cc(OCCCN)c3)nn2)cc(-c2cn(-c3cc(OCCCN)cc(OCCC4NN4)c3)nn2)c1. The van der Waals surface area contributed by atoms with Crippen LogP contribution in [0.15, 0.2) is 67.0 Å². The topological polar surface area (TPSA) is 256 Å². The second kappa shape index (κ2) is 19.7. The molecule has 0 spiro atoms. The molecule has 2 aromatic heterocycles. The number of aromatic nitrogens is 6. The average Bonchev–Trinajstić information content (AvgIpc) is 3.63. The predicted octanol–water partition coefficient (Wildman–Crippen LogP) is 2.30. The molecule has 288 valence electrons. The maximum atomic E-state index is 6.12. The minimum absolute atomic E-state index is 0.271. The highest BCUT2D eigenvalue weighted by Crippen LogP contribution is 2.33. The number of ether oxygens (including phenoxy) is 5. The number of nitrogens with two attached hydrogens (primary N) is 4. The maximum Gasteiger partial charge on any atom is 0.125 e. The van der Waals surface area contributed by atoms with Crippen LogP contribution in [0.5, 0.6) is 28.7 Å². The number of rotatable bonds is 24. The van der Waals surface area contributed by atoms with E-state index in [4.69, 9.17) is 46.6 Å². The molecule has 17 nitrogen and oxygen atoms in total. The number of hydrogen-bond acceptors (Lipinski definition) is 15. The average molecular weight is 743 g/mol. The summed E-state index contributed by atoms with van der Waals surface area (Å²) in [5.74, 6) is 3.23. The quantitative estimate of drug-likeness (QED) is 0.0392. The molecule has 0 bridgehead atoms. The molecule has 0 saturated carbocycles. The molecule has 10 N–H and O–H groups in total. The number of hydrogen-bond donors (Lipinski definition) is 6. The molecule has 0 aliphatic carbocycles. The van der Waals surface area contributed by atoms with Crippen LogP contribution in [0.25, 0.3) is 33.9 Å². The van der Waals surface area contributed by atoms with Gasteiger partial charge in [0.15, 0.2) is 0 Å². The highest BCUT2D eigenvalue weighted by Gasteiger charge is 2.19. The van der Waals surface area contributed by atoms with Crippen molar-refractivity contribution in [2.45, 2.75) is 38.3 Å². The fourth-order valence-electron chi connectivity index (χ4n) is 5.33. The molecule has 5 aromatic rings. The van der Waals surface area contributed by atoms with Gasteiger partial charge < -0.3 is 46.6 Å². The Kier molecular flexibility index (Phi) is 14.0. The van der Waals surface area contributed by atoms with Crippen molar-refractivity contribution < 1.29 is 23.7 Å². The van der Waals surface area contributed by atoms with E-state index in [1.165, 1.54) is 0 Å². The Balaban J connectivity index is 1.28.